The van der Waals surface area contributed by atoms with Crippen LogP contribution in [-0.4, -0.2) is 29.3 Å². The zero-order valence-electron chi connectivity index (χ0n) is 12.4. The second kappa shape index (κ2) is 6.07. The first-order chi connectivity index (χ1) is 9.58. The number of nitrogens with one attached hydrogen (secondary N) is 1. The Morgan fingerprint density at radius 3 is 2.70 bits per heavy atom. The number of likely N-dealkylation sites (tertiary alicyclic amines) is 1. The van der Waals surface area contributed by atoms with E-state index in [1.165, 1.54) is 10.5 Å². The smallest absolute Gasteiger partial charge is 0.252 e. The molecule has 1 aromatic carbocycles. The van der Waals surface area contributed by atoms with Crippen LogP contribution in [0.2, 0.25) is 0 Å². The number of rotatable bonds is 5. The third-order valence-electron chi connectivity index (χ3n) is 3.75. The molecule has 1 fully saturated rings. The lowest BCUT2D eigenvalue weighted by Gasteiger charge is -2.18. The molecule has 1 N–H and O–H groups in total. The number of carbonyl (C=O) groups is 2. The molecule has 1 atom stereocenters. The highest BCUT2D eigenvalue weighted by molar-refractivity contribution is 6.06. The van der Waals surface area contributed by atoms with E-state index in [1.807, 2.05) is 26.0 Å². The minimum absolute atomic E-state index is 0.0685. The monoisotopic (exact) mass is 274 g/mol. The van der Waals surface area contributed by atoms with Gasteiger partial charge < -0.3 is 5.32 Å². The van der Waals surface area contributed by atoms with Crippen LogP contribution in [0, 0.1) is 6.92 Å². The quantitative estimate of drug-likeness (QED) is 0.839. The van der Waals surface area contributed by atoms with Crippen LogP contribution in [0.15, 0.2) is 18.2 Å². The van der Waals surface area contributed by atoms with Gasteiger partial charge in [-0.05, 0) is 30.9 Å². The Balaban J connectivity index is 2.19. The Morgan fingerprint density at radius 1 is 1.30 bits per heavy atom. The average Bonchev–Trinajstić information content (AvgIpc) is 2.69. The van der Waals surface area contributed by atoms with Crippen LogP contribution in [-0.2, 0) is 16.0 Å². The summed E-state index contributed by atoms with van der Waals surface area (Å²) >= 11 is 0. The van der Waals surface area contributed by atoms with Crippen LogP contribution in [0.1, 0.15) is 37.8 Å². The summed E-state index contributed by atoms with van der Waals surface area (Å²) in [6.45, 7) is 6.60. The average molecular weight is 274 g/mol. The standard InChI is InChI=1S/C16H22N2O2/c1-4-9-18-14(19)10-13(16(18)20)17-15-11(3)7-6-8-12(15)5-2/h6-8,13,17H,4-5,9-10H2,1-3H3. The number of nitrogens with zero attached hydrogens (tertiary/aromatic N) is 1. The van der Waals surface area contributed by atoms with Crippen molar-refractivity contribution in [1.29, 1.82) is 0 Å². The minimum atomic E-state index is -0.416. The van der Waals surface area contributed by atoms with Crippen molar-refractivity contribution < 1.29 is 9.59 Å². The number of carbonyl (C=O) groups excluding carboxylic acids is 2. The van der Waals surface area contributed by atoms with Gasteiger partial charge in [0.25, 0.3) is 5.91 Å². The second-order valence-corrected chi connectivity index (χ2v) is 5.25. The van der Waals surface area contributed by atoms with Gasteiger partial charge in [0.15, 0.2) is 0 Å². The molecule has 2 amide bonds. The predicted octanol–water partition coefficient (Wildman–Crippen LogP) is 2.51. The lowest BCUT2D eigenvalue weighted by atomic mass is 10.0. The lowest BCUT2D eigenvalue weighted by Crippen LogP contribution is -2.35. The Morgan fingerprint density at radius 2 is 2.05 bits per heavy atom. The van der Waals surface area contributed by atoms with Crippen molar-refractivity contribution in [3.8, 4) is 0 Å². The third kappa shape index (κ3) is 2.69. The van der Waals surface area contributed by atoms with E-state index in [-0.39, 0.29) is 18.2 Å². The normalized spacial score (nSPS) is 18.8. The van der Waals surface area contributed by atoms with E-state index in [9.17, 15) is 9.59 Å². The van der Waals surface area contributed by atoms with Crippen LogP contribution < -0.4 is 5.32 Å². The molecule has 0 aliphatic carbocycles. The summed E-state index contributed by atoms with van der Waals surface area (Å²) < 4.78 is 0. The molecule has 4 nitrogen and oxygen atoms in total. The molecular formula is C16H22N2O2. The van der Waals surface area contributed by atoms with Crippen LogP contribution in [0.4, 0.5) is 5.69 Å². The van der Waals surface area contributed by atoms with Gasteiger partial charge in [0.05, 0.1) is 6.42 Å². The Kier molecular flexibility index (Phi) is 4.42. The van der Waals surface area contributed by atoms with Crippen LogP contribution in [0.25, 0.3) is 0 Å². The number of amides is 2. The first-order valence-electron chi connectivity index (χ1n) is 7.27. The maximum atomic E-state index is 12.3. The number of para-hydroxylation sites is 1. The largest absolute Gasteiger partial charge is 0.373 e. The van der Waals surface area contributed by atoms with Crippen molar-refractivity contribution in [2.24, 2.45) is 0 Å². The molecule has 1 unspecified atom stereocenters. The first kappa shape index (κ1) is 14.6. The van der Waals surface area contributed by atoms with Crippen LogP contribution >= 0.6 is 0 Å². The van der Waals surface area contributed by atoms with E-state index in [1.54, 1.807) is 0 Å². The molecule has 1 heterocycles. The van der Waals surface area contributed by atoms with Crippen molar-refractivity contribution in [2.45, 2.75) is 46.1 Å². The van der Waals surface area contributed by atoms with Crippen molar-refractivity contribution in [2.75, 3.05) is 11.9 Å². The predicted molar refractivity (Wildman–Crippen MR) is 79.6 cm³/mol. The van der Waals surface area contributed by atoms with Gasteiger partial charge in [-0.25, -0.2) is 0 Å². The van der Waals surface area contributed by atoms with Gasteiger partial charge in [-0.2, -0.15) is 0 Å². The fourth-order valence-electron chi connectivity index (χ4n) is 2.66. The van der Waals surface area contributed by atoms with Gasteiger partial charge in [-0.3, -0.25) is 14.5 Å². The molecule has 1 aliphatic rings. The number of anilines is 1. The highest BCUT2D eigenvalue weighted by Crippen LogP contribution is 2.25. The Hall–Kier alpha value is -1.84. The van der Waals surface area contributed by atoms with E-state index in [0.717, 1.165) is 24.1 Å². The van der Waals surface area contributed by atoms with Gasteiger partial charge in [-0.15, -0.1) is 0 Å². The lowest BCUT2D eigenvalue weighted by molar-refractivity contribution is -0.138. The maximum absolute atomic E-state index is 12.3. The summed E-state index contributed by atoms with van der Waals surface area (Å²) in [7, 11) is 0. The highest BCUT2D eigenvalue weighted by Gasteiger charge is 2.38. The van der Waals surface area contributed by atoms with Crippen LogP contribution in [0.3, 0.4) is 0 Å². The summed E-state index contributed by atoms with van der Waals surface area (Å²) in [4.78, 5) is 25.5. The number of imide groups is 1. The summed E-state index contributed by atoms with van der Waals surface area (Å²) in [5.74, 6) is -0.164. The minimum Gasteiger partial charge on any atom is -0.373 e. The Labute approximate surface area is 120 Å². The fraction of sp³-hybridized carbons (Fsp3) is 0.500. The molecular weight excluding hydrogens is 252 g/mol. The molecule has 0 aromatic heterocycles. The van der Waals surface area contributed by atoms with Crippen molar-refractivity contribution in [3.05, 3.63) is 29.3 Å². The molecule has 2 rings (SSSR count). The molecule has 20 heavy (non-hydrogen) atoms. The molecule has 1 aromatic rings. The van der Waals surface area contributed by atoms with Gasteiger partial charge in [-0.1, -0.05) is 32.0 Å². The zero-order chi connectivity index (χ0) is 14.7. The van der Waals surface area contributed by atoms with Crippen molar-refractivity contribution in [1.82, 2.24) is 4.90 Å². The number of aryl methyl sites for hydroxylation is 2. The molecule has 0 bridgehead atoms. The van der Waals surface area contributed by atoms with Gasteiger partial charge in [0.1, 0.15) is 6.04 Å². The molecule has 1 aliphatic heterocycles. The molecule has 0 saturated carbocycles. The summed E-state index contributed by atoms with van der Waals surface area (Å²) in [6.07, 6.45) is 1.96. The second-order valence-electron chi connectivity index (χ2n) is 5.25. The first-order valence-corrected chi connectivity index (χ1v) is 7.27. The fourth-order valence-corrected chi connectivity index (χ4v) is 2.66. The molecule has 1 saturated heterocycles. The van der Waals surface area contributed by atoms with E-state index >= 15 is 0 Å². The molecule has 0 spiro atoms. The van der Waals surface area contributed by atoms with Gasteiger partial charge >= 0.3 is 0 Å². The van der Waals surface area contributed by atoms with E-state index in [2.05, 4.69) is 18.3 Å². The van der Waals surface area contributed by atoms with Crippen molar-refractivity contribution in [3.63, 3.8) is 0 Å². The maximum Gasteiger partial charge on any atom is 0.252 e. The van der Waals surface area contributed by atoms with E-state index in [4.69, 9.17) is 0 Å². The number of hydrogen-bond donors (Lipinski definition) is 1. The summed E-state index contributed by atoms with van der Waals surface area (Å²) in [6, 6.07) is 5.68. The van der Waals surface area contributed by atoms with Crippen LogP contribution in [0.5, 0.6) is 0 Å². The van der Waals surface area contributed by atoms with Gasteiger partial charge in [0.2, 0.25) is 5.91 Å². The topological polar surface area (TPSA) is 49.4 Å². The van der Waals surface area contributed by atoms with E-state index < -0.39 is 6.04 Å². The van der Waals surface area contributed by atoms with Gasteiger partial charge in [0, 0.05) is 12.2 Å². The number of benzene rings is 1. The third-order valence-corrected chi connectivity index (χ3v) is 3.75. The summed E-state index contributed by atoms with van der Waals surface area (Å²) in [5, 5.41) is 3.29. The highest BCUT2D eigenvalue weighted by atomic mass is 16.2. The SMILES string of the molecule is CCCN1C(=O)CC(Nc2c(C)cccc2CC)C1=O. The molecule has 0 radical (unpaired) electrons. The van der Waals surface area contributed by atoms with Crippen molar-refractivity contribution >= 4 is 17.5 Å². The zero-order valence-corrected chi connectivity index (χ0v) is 12.4. The summed E-state index contributed by atoms with van der Waals surface area (Å²) in [5.41, 5.74) is 3.29. The van der Waals surface area contributed by atoms with E-state index in [0.29, 0.717) is 6.54 Å². The Bertz CT molecular complexity index is 525. The molecule has 4 heteroatoms. The number of hydrogen-bond acceptors (Lipinski definition) is 3. The molecule has 108 valence electrons.